The zero-order valence-electron chi connectivity index (χ0n) is 6.13. The van der Waals surface area contributed by atoms with Crippen LogP contribution < -0.4 is 0 Å². The lowest BCUT2D eigenvalue weighted by molar-refractivity contribution is 1.14. The van der Waals surface area contributed by atoms with Gasteiger partial charge in [-0.15, -0.1) is 18.2 Å². The van der Waals surface area contributed by atoms with Gasteiger partial charge in [-0.1, -0.05) is 18.1 Å². The molecule has 0 radical (unpaired) electrons. The Hall–Kier alpha value is -0.870. The molecule has 1 heteroatoms. The Kier molecular flexibility index (Phi) is 1.63. The lowest BCUT2D eigenvalue weighted by Gasteiger charge is -1.98. The maximum Gasteiger partial charge on any atom is 0.0381 e. The molecule has 0 spiro atoms. The Labute approximate surface area is 71.0 Å². The highest BCUT2D eigenvalue weighted by molar-refractivity contribution is 7.99. The van der Waals surface area contributed by atoms with E-state index in [0.717, 1.165) is 5.56 Å². The summed E-state index contributed by atoms with van der Waals surface area (Å²) in [6, 6.07) is 6.22. The second kappa shape index (κ2) is 2.64. The van der Waals surface area contributed by atoms with E-state index in [4.69, 9.17) is 6.42 Å². The maximum absolute atomic E-state index is 5.36. The predicted octanol–water partition coefficient (Wildman–Crippen LogP) is 2.32. The zero-order chi connectivity index (χ0) is 7.68. The van der Waals surface area contributed by atoms with E-state index in [9.17, 15) is 0 Å². The van der Waals surface area contributed by atoms with Gasteiger partial charge < -0.3 is 0 Å². The Morgan fingerprint density at radius 2 is 2.36 bits per heavy atom. The number of benzene rings is 1. The van der Waals surface area contributed by atoms with Gasteiger partial charge >= 0.3 is 0 Å². The molecule has 1 heterocycles. The van der Waals surface area contributed by atoms with Crippen molar-refractivity contribution in [2.75, 3.05) is 5.75 Å². The van der Waals surface area contributed by atoms with Crippen LogP contribution in [0.5, 0.6) is 0 Å². The molecule has 0 saturated carbocycles. The molecule has 1 aromatic carbocycles. The second-order valence-electron chi connectivity index (χ2n) is 2.54. The Balaban J connectivity index is 2.61. The monoisotopic (exact) mass is 160 g/mol. The quantitative estimate of drug-likeness (QED) is 0.525. The summed E-state index contributed by atoms with van der Waals surface area (Å²) in [6.07, 6.45) is 6.54. The van der Waals surface area contributed by atoms with Crippen molar-refractivity contribution in [1.82, 2.24) is 0 Å². The van der Waals surface area contributed by atoms with E-state index < -0.39 is 0 Å². The van der Waals surface area contributed by atoms with Gasteiger partial charge in [-0.2, -0.15) is 0 Å². The average molecular weight is 160 g/mol. The second-order valence-corrected chi connectivity index (χ2v) is 3.64. The third-order valence-electron chi connectivity index (χ3n) is 1.87. The largest absolute Gasteiger partial charge is 0.124 e. The minimum absolute atomic E-state index is 1.06. The molecule has 1 aliphatic heterocycles. The molecular formula is C10H8S. The minimum Gasteiger partial charge on any atom is -0.124 e. The molecule has 1 aromatic rings. The van der Waals surface area contributed by atoms with Crippen molar-refractivity contribution in [3.63, 3.8) is 0 Å². The van der Waals surface area contributed by atoms with Gasteiger partial charge in [-0.05, 0) is 18.1 Å². The minimum atomic E-state index is 1.06. The third kappa shape index (κ3) is 1.04. The topological polar surface area (TPSA) is 0 Å². The molecule has 0 nitrogen and oxygen atoms in total. The maximum atomic E-state index is 5.36. The standard InChI is InChI=1S/C10H8S/c1-2-8-4-3-5-9-6-7-11-10(8)9/h1,3-5H,6-7H2. The first-order chi connectivity index (χ1) is 5.42. The van der Waals surface area contributed by atoms with Gasteiger partial charge in [0.05, 0.1) is 0 Å². The van der Waals surface area contributed by atoms with Crippen molar-refractivity contribution in [3.8, 4) is 12.3 Å². The fourth-order valence-electron chi connectivity index (χ4n) is 1.33. The molecule has 1 aliphatic rings. The van der Waals surface area contributed by atoms with Gasteiger partial charge in [0.25, 0.3) is 0 Å². The first kappa shape index (κ1) is 6.82. The molecule has 0 bridgehead atoms. The molecule has 54 valence electrons. The van der Waals surface area contributed by atoms with Gasteiger partial charge in [-0.3, -0.25) is 0 Å². The summed E-state index contributed by atoms with van der Waals surface area (Å²) >= 11 is 1.88. The lowest BCUT2D eigenvalue weighted by Crippen LogP contribution is -1.82. The highest BCUT2D eigenvalue weighted by atomic mass is 32.2. The van der Waals surface area contributed by atoms with E-state index in [1.807, 2.05) is 23.9 Å². The number of terminal acetylenes is 1. The van der Waals surface area contributed by atoms with E-state index >= 15 is 0 Å². The van der Waals surface area contributed by atoms with Crippen LogP contribution in [0, 0.1) is 12.3 Å². The predicted molar refractivity (Wildman–Crippen MR) is 48.8 cm³/mol. The van der Waals surface area contributed by atoms with E-state index in [2.05, 4.69) is 12.0 Å². The summed E-state index contributed by atoms with van der Waals surface area (Å²) in [6.45, 7) is 0. The third-order valence-corrected chi connectivity index (χ3v) is 3.05. The summed E-state index contributed by atoms with van der Waals surface area (Å²) < 4.78 is 0. The van der Waals surface area contributed by atoms with Crippen LogP contribution in [0.3, 0.4) is 0 Å². The number of hydrogen-bond acceptors (Lipinski definition) is 1. The fraction of sp³-hybridized carbons (Fsp3) is 0.200. The number of aryl methyl sites for hydroxylation is 1. The summed E-state index contributed by atoms with van der Waals surface area (Å²) in [5.74, 6) is 3.90. The molecular weight excluding hydrogens is 152 g/mol. The van der Waals surface area contributed by atoms with Crippen LogP contribution in [0.25, 0.3) is 0 Å². The molecule has 11 heavy (non-hydrogen) atoms. The summed E-state index contributed by atoms with van der Waals surface area (Å²) in [5.41, 5.74) is 2.48. The van der Waals surface area contributed by atoms with Crippen molar-refractivity contribution in [1.29, 1.82) is 0 Å². The molecule has 2 rings (SSSR count). The van der Waals surface area contributed by atoms with Gasteiger partial charge in [0, 0.05) is 16.2 Å². The Bertz CT molecular complexity index is 320. The van der Waals surface area contributed by atoms with Gasteiger partial charge in [0.15, 0.2) is 0 Å². The van der Waals surface area contributed by atoms with E-state index in [0.29, 0.717) is 0 Å². The molecule has 0 fully saturated rings. The number of rotatable bonds is 0. The van der Waals surface area contributed by atoms with Crippen molar-refractivity contribution in [2.45, 2.75) is 11.3 Å². The highest BCUT2D eigenvalue weighted by Gasteiger charge is 2.13. The Morgan fingerprint density at radius 1 is 1.45 bits per heavy atom. The van der Waals surface area contributed by atoms with Crippen LogP contribution in [0.4, 0.5) is 0 Å². The van der Waals surface area contributed by atoms with Crippen LogP contribution in [0.1, 0.15) is 11.1 Å². The average Bonchev–Trinajstić information content (AvgIpc) is 2.50. The zero-order valence-corrected chi connectivity index (χ0v) is 6.95. The lowest BCUT2D eigenvalue weighted by atomic mass is 10.1. The van der Waals surface area contributed by atoms with E-state index in [1.54, 1.807) is 0 Å². The SMILES string of the molecule is C#Cc1cccc2c1SCC2. The Morgan fingerprint density at radius 3 is 3.18 bits per heavy atom. The van der Waals surface area contributed by atoms with Crippen LogP contribution in [-0.4, -0.2) is 5.75 Å². The molecule has 0 unspecified atom stereocenters. The molecule has 0 atom stereocenters. The summed E-state index contributed by atoms with van der Waals surface area (Å²) in [4.78, 5) is 1.33. The smallest absolute Gasteiger partial charge is 0.0381 e. The van der Waals surface area contributed by atoms with Crippen LogP contribution >= 0.6 is 11.8 Å². The van der Waals surface area contributed by atoms with E-state index in [1.165, 1.54) is 22.6 Å². The van der Waals surface area contributed by atoms with Crippen molar-refractivity contribution in [2.24, 2.45) is 0 Å². The van der Waals surface area contributed by atoms with Crippen molar-refractivity contribution < 1.29 is 0 Å². The van der Waals surface area contributed by atoms with Gasteiger partial charge in [0.1, 0.15) is 0 Å². The van der Waals surface area contributed by atoms with Crippen molar-refractivity contribution >= 4 is 11.8 Å². The van der Waals surface area contributed by atoms with Crippen LogP contribution in [0.2, 0.25) is 0 Å². The first-order valence-electron chi connectivity index (χ1n) is 3.63. The summed E-state index contributed by atoms with van der Waals surface area (Å²) in [5, 5.41) is 0. The van der Waals surface area contributed by atoms with Crippen LogP contribution in [0.15, 0.2) is 23.1 Å². The summed E-state index contributed by atoms with van der Waals surface area (Å²) in [7, 11) is 0. The van der Waals surface area contributed by atoms with Crippen molar-refractivity contribution in [3.05, 3.63) is 29.3 Å². The first-order valence-corrected chi connectivity index (χ1v) is 4.61. The van der Waals surface area contributed by atoms with Gasteiger partial charge in [-0.25, -0.2) is 0 Å². The number of thioether (sulfide) groups is 1. The normalized spacial score (nSPS) is 14.1. The van der Waals surface area contributed by atoms with Crippen LogP contribution in [-0.2, 0) is 6.42 Å². The van der Waals surface area contributed by atoms with E-state index in [-0.39, 0.29) is 0 Å². The molecule has 0 N–H and O–H groups in total. The number of fused-ring (bicyclic) bond motifs is 1. The fourth-order valence-corrected chi connectivity index (χ4v) is 2.49. The highest BCUT2D eigenvalue weighted by Crippen LogP contribution is 2.33. The molecule has 0 saturated heterocycles. The molecule has 0 aliphatic carbocycles. The number of hydrogen-bond donors (Lipinski definition) is 0. The molecule has 0 amide bonds. The van der Waals surface area contributed by atoms with Gasteiger partial charge in [0.2, 0.25) is 0 Å². The molecule has 0 aromatic heterocycles.